The maximum atomic E-state index is 11.7. The smallest absolute Gasteiger partial charge is 0.306 e. The van der Waals surface area contributed by atoms with Crippen LogP contribution in [0.5, 0.6) is 0 Å². The maximum absolute atomic E-state index is 11.7. The molecule has 2 rings (SSSR count). The van der Waals surface area contributed by atoms with E-state index in [0.29, 0.717) is 6.42 Å². The Labute approximate surface area is 150 Å². The van der Waals surface area contributed by atoms with E-state index in [1.54, 1.807) is 0 Å². The van der Waals surface area contributed by atoms with Gasteiger partial charge >= 0.3 is 11.9 Å². The van der Waals surface area contributed by atoms with Crippen molar-refractivity contribution in [2.75, 3.05) is 6.61 Å². The lowest BCUT2D eigenvalue weighted by Gasteiger charge is -2.07. The zero-order valence-corrected chi connectivity index (χ0v) is 14.6. The van der Waals surface area contributed by atoms with Gasteiger partial charge in [-0.15, -0.1) is 23.2 Å². The first-order valence-electron chi connectivity index (χ1n) is 7.61. The van der Waals surface area contributed by atoms with Gasteiger partial charge in [-0.05, 0) is 28.8 Å². The van der Waals surface area contributed by atoms with Crippen molar-refractivity contribution in [3.8, 4) is 0 Å². The number of esters is 2. The van der Waals surface area contributed by atoms with Gasteiger partial charge in [-0.2, -0.15) is 0 Å². The number of ether oxygens (including phenoxy) is 2. The van der Waals surface area contributed by atoms with E-state index in [0.717, 1.165) is 16.3 Å². The highest BCUT2D eigenvalue weighted by atomic mass is 35.5. The molecule has 0 aromatic heterocycles. The SMILES string of the molecule is O=C(CCCC(=O)OCC(Cl)Cl)OCc1ccc2ccccc2c1. The number of benzene rings is 2. The predicted molar refractivity (Wildman–Crippen MR) is 94.0 cm³/mol. The monoisotopic (exact) mass is 368 g/mol. The molecule has 0 fully saturated rings. The largest absolute Gasteiger partial charge is 0.463 e. The molecule has 0 unspecified atom stereocenters. The highest BCUT2D eigenvalue weighted by Crippen LogP contribution is 2.16. The summed E-state index contributed by atoms with van der Waals surface area (Å²) in [4.78, 5) is 22.3. The Morgan fingerprint density at radius 1 is 0.917 bits per heavy atom. The summed E-state index contributed by atoms with van der Waals surface area (Å²) in [5, 5.41) is 2.24. The molecule has 0 saturated carbocycles. The van der Waals surface area contributed by atoms with E-state index in [-0.39, 0.29) is 32.0 Å². The number of rotatable bonds is 8. The molecule has 0 bridgehead atoms. The molecule has 24 heavy (non-hydrogen) atoms. The third-order valence-electron chi connectivity index (χ3n) is 3.35. The number of carbonyl (C=O) groups is 2. The number of hydrogen-bond donors (Lipinski definition) is 0. The standard InChI is InChI=1S/C18H18Cl2O4/c19-16(20)12-24-18(22)7-3-6-17(21)23-11-13-8-9-14-4-1-2-5-15(14)10-13/h1-2,4-5,8-10,16H,3,6-7,11-12H2. The Morgan fingerprint density at radius 2 is 1.58 bits per heavy atom. The molecule has 0 spiro atoms. The molecular formula is C18H18Cl2O4. The summed E-state index contributed by atoms with van der Waals surface area (Å²) < 4.78 is 10.0. The summed E-state index contributed by atoms with van der Waals surface area (Å²) in [6.07, 6.45) is 0.657. The van der Waals surface area contributed by atoms with Gasteiger partial charge in [0.15, 0.2) is 0 Å². The fourth-order valence-corrected chi connectivity index (χ4v) is 2.30. The number of fused-ring (bicyclic) bond motifs is 1. The van der Waals surface area contributed by atoms with Gasteiger partial charge in [0.2, 0.25) is 0 Å². The average Bonchev–Trinajstić information content (AvgIpc) is 2.58. The van der Waals surface area contributed by atoms with E-state index >= 15 is 0 Å². The van der Waals surface area contributed by atoms with Crippen LogP contribution in [0, 0.1) is 0 Å². The van der Waals surface area contributed by atoms with Crippen LogP contribution in [0.25, 0.3) is 10.8 Å². The van der Waals surface area contributed by atoms with Crippen molar-refractivity contribution in [3.05, 3.63) is 48.0 Å². The summed E-state index contributed by atoms with van der Waals surface area (Å²) in [5.74, 6) is -0.771. The normalized spacial score (nSPS) is 10.8. The molecule has 6 heteroatoms. The Morgan fingerprint density at radius 3 is 2.29 bits per heavy atom. The van der Waals surface area contributed by atoms with E-state index in [4.69, 9.17) is 32.7 Å². The van der Waals surface area contributed by atoms with Crippen molar-refractivity contribution >= 4 is 45.9 Å². The van der Waals surface area contributed by atoms with Crippen LogP contribution in [0.1, 0.15) is 24.8 Å². The number of alkyl halides is 2. The average molecular weight is 369 g/mol. The van der Waals surface area contributed by atoms with Gasteiger partial charge in [0.1, 0.15) is 18.1 Å². The van der Waals surface area contributed by atoms with Crippen LogP contribution in [-0.2, 0) is 25.7 Å². The number of halogens is 2. The molecule has 128 valence electrons. The van der Waals surface area contributed by atoms with Gasteiger partial charge in [0, 0.05) is 12.8 Å². The summed E-state index contributed by atoms with van der Waals surface area (Å²) in [6, 6.07) is 13.9. The first-order valence-corrected chi connectivity index (χ1v) is 8.49. The van der Waals surface area contributed by atoms with Gasteiger partial charge in [-0.25, -0.2) is 0 Å². The first kappa shape index (κ1) is 18.6. The topological polar surface area (TPSA) is 52.6 Å². The third kappa shape index (κ3) is 6.38. The van der Waals surface area contributed by atoms with Crippen molar-refractivity contribution in [2.24, 2.45) is 0 Å². The van der Waals surface area contributed by atoms with Crippen molar-refractivity contribution in [3.63, 3.8) is 0 Å². The van der Waals surface area contributed by atoms with Crippen LogP contribution in [-0.4, -0.2) is 23.4 Å². The summed E-state index contributed by atoms with van der Waals surface area (Å²) in [6.45, 7) is 0.169. The number of hydrogen-bond acceptors (Lipinski definition) is 4. The van der Waals surface area contributed by atoms with Gasteiger partial charge in [-0.3, -0.25) is 9.59 Å². The molecule has 0 atom stereocenters. The molecule has 2 aromatic rings. The lowest BCUT2D eigenvalue weighted by Crippen LogP contribution is -2.11. The van der Waals surface area contributed by atoms with Crippen molar-refractivity contribution in [1.29, 1.82) is 0 Å². The lowest BCUT2D eigenvalue weighted by atomic mass is 10.1. The van der Waals surface area contributed by atoms with Crippen LogP contribution in [0.4, 0.5) is 0 Å². The zero-order valence-electron chi connectivity index (χ0n) is 13.0. The summed E-state index contributed by atoms with van der Waals surface area (Å²) >= 11 is 10.9. The van der Waals surface area contributed by atoms with Gasteiger partial charge in [0.05, 0.1) is 0 Å². The predicted octanol–water partition coefficient (Wildman–Crippen LogP) is 4.40. The molecule has 0 saturated heterocycles. The molecule has 0 radical (unpaired) electrons. The summed E-state index contributed by atoms with van der Waals surface area (Å²) in [5.41, 5.74) is 0.928. The molecular weight excluding hydrogens is 351 g/mol. The van der Waals surface area contributed by atoms with E-state index in [1.165, 1.54) is 0 Å². The molecule has 4 nitrogen and oxygen atoms in total. The van der Waals surface area contributed by atoms with Crippen molar-refractivity contribution in [2.45, 2.75) is 30.7 Å². The van der Waals surface area contributed by atoms with Gasteiger partial charge < -0.3 is 9.47 Å². The fraction of sp³-hybridized carbons (Fsp3) is 0.333. The molecule has 0 aliphatic carbocycles. The summed E-state index contributed by atoms with van der Waals surface area (Å²) in [7, 11) is 0. The second-order valence-electron chi connectivity index (χ2n) is 5.27. The third-order valence-corrected chi connectivity index (χ3v) is 3.60. The van der Waals surface area contributed by atoms with Crippen molar-refractivity contribution < 1.29 is 19.1 Å². The Bertz CT molecular complexity index is 700. The van der Waals surface area contributed by atoms with Crippen LogP contribution >= 0.6 is 23.2 Å². The minimum Gasteiger partial charge on any atom is -0.463 e. The quantitative estimate of drug-likeness (QED) is 0.511. The molecule has 0 aliphatic rings. The van der Waals surface area contributed by atoms with Crippen LogP contribution in [0.15, 0.2) is 42.5 Å². The Kier molecular flexibility index (Phi) is 7.35. The van der Waals surface area contributed by atoms with E-state index in [9.17, 15) is 9.59 Å². The Hall–Kier alpha value is -1.78. The maximum Gasteiger partial charge on any atom is 0.306 e. The lowest BCUT2D eigenvalue weighted by molar-refractivity contribution is -0.146. The van der Waals surface area contributed by atoms with Gasteiger partial charge in [0.25, 0.3) is 0 Å². The second-order valence-corrected chi connectivity index (χ2v) is 6.55. The van der Waals surface area contributed by atoms with Crippen LogP contribution in [0.3, 0.4) is 0 Å². The number of carbonyl (C=O) groups excluding carboxylic acids is 2. The highest BCUT2D eigenvalue weighted by molar-refractivity contribution is 6.44. The molecule has 2 aromatic carbocycles. The minimum atomic E-state index is -0.735. The Balaban J connectivity index is 1.69. The van der Waals surface area contributed by atoms with Gasteiger partial charge in [-0.1, -0.05) is 36.4 Å². The van der Waals surface area contributed by atoms with E-state index < -0.39 is 10.8 Å². The van der Waals surface area contributed by atoms with Crippen molar-refractivity contribution in [1.82, 2.24) is 0 Å². The molecule has 0 amide bonds. The van der Waals surface area contributed by atoms with Crippen LogP contribution in [0.2, 0.25) is 0 Å². The highest BCUT2D eigenvalue weighted by Gasteiger charge is 2.09. The molecule has 0 heterocycles. The molecule has 0 aliphatic heterocycles. The van der Waals surface area contributed by atoms with E-state index in [2.05, 4.69) is 0 Å². The van der Waals surface area contributed by atoms with E-state index in [1.807, 2.05) is 42.5 Å². The molecule has 0 N–H and O–H groups in total. The fourth-order valence-electron chi connectivity index (χ4n) is 2.17. The zero-order chi connectivity index (χ0) is 17.4. The minimum absolute atomic E-state index is 0.0473. The van der Waals surface area contributed by atoms with Crippen LogP contribution < -0.4 is 0 Å². The first-order chi connectivity index (χ1) is 11.5. The second kappa shape index (κ2) is 9.50.